The van der Waals surface area contributed by atoms with Gasteiger partial charge in [0.25, 0.3) is 0 Å². The van der Waals surface area contributed by atoms with Crippen molar-refractivity contribution in [3.05, 3.63) is 29.3 Å². The van der Waals surface area contributed by atoms with Gasteiger partial charge in [-0.05, 0) is 82.9 Å². The van der Waals surface area contributed by atoms with Gasteiger partial charge in [0.05, 0.1) is 6.54 Å². The number of amides is 1. The zero-order valence-corrected chi connectivity index (χ0v) is 14.1. The predicted octanol–water partition coefficient (Wildman–Crippen LogP) is 2.56. The Morgan fingerprint density at radius 1 is 1.27 bits per heavy atom. The lowest BCUT2D eigenvalue weighted by Gasteiger charge is -2.31. The fourth-order valence-corrected chi connectivity index (χ4v) is 3.05. The van der Waals surface area contributed by atoms with Gasteiger partial charge in [0.2, 0.25) is 5.91 Å². The molecule has 1 aromatic rings. The highest BCUT2D eigenvalue weighted by Gasteiger charge is 2.20. The number of benzene rings is 1. The van der Waals surface area contributed by atoms with Crippen molar-refractivity contribution in [3.63, 3.8) is 0 Å². The first-order chi connectivity index (χ1) is 10.6. The van der Waals surface area contributed by atoms with E-state index >= 15 is 0 Å². The highest BCUT2D eigenvalue weighted by Crippen LogP contribution is 2.20. The molecule has 4 nitrogen and oxygen atoms in total. The monoisotopic (exact) mass is 303 g/mol. The van der Waals surface area contributed by atoms with Crippen LogP contribution < -0.4 is 10.6 Å². The topological polar surface area (TPSA) is 44.4 Å². The summed E-state index contributed by atoms with van der Waals surface area (Å²) in [5.74, 6) is 0.910. The lowest BCUT2D eigenvalue weighted by atomic mass is 9.93. The number of piperidine rings is 1. The first kappa shape index (κ1) is 17.0. The molecule has 122 valence electrons. The van der Waals surface area contributed by atoms with E-state index in [1.54, 1.807) is 0 Å². The number of likely N-dealkylation sites (tertiary alicyclic amines) is 1. The van der Waals surface area contributed by atoms with Gasteiger partial charge in [-0.25, -0.2) is 0 Å². The van der Waals surface area contributed by atoms with E-state index in [9.17, 15) is 4.79 Å². The average molecular weight is 303 g/mol. The van der Waals surface area contributed by atoms with E-state index in [-0.39, 0.29) is 5.91 Å². The van der Waals surface area contributed by atoms with Gasteiger partial charge in [0, 0.05) is 5.69 Å². The van der Waals surface area contributed by atoms with E-state index in [1.165, 1.54) is 24.8 Å². The first-order valence-corrected chi connectivity index (χ1v) is 8.32. The SMILES string of the molecule is CNCCC1CCN(CC(=O)Nc2cc(C)ccc2C)CC1. The third-order valence-corrected chi connectivity index (χ3v) is 4.54. The van der Waals surface area contributed by atoms with E-state index in [2.05, 4.69) is 27.7 Å². The summed E-state index contributed by atoms with van der Waals surface area (Å²) in [6.07, 6.45) is 3.66. The number of nitrogens with zero attached hydrogens (tertiary/aromatic N) is 1. The summed E-state index contributed by atoms with van der Waals surface area (Å²) >= 11 is 0. The molecule has 2 rings (SSSR count). The van der Waals surface area contributed by atoms with Gasteiger partial charge in [0.1, 0.15) is 0 Å². The number of carbonyl (C=O) groups excluding carboxylic acids is 1. The maximum Gasteiger partial charge on any atom is 0.238 e. The van der Waals surface area contributed by atoms with Crippen molar-refractivity contribution in [2.45, 2.75) is 33.1 Å². The fourth-order valence-electron chi connectivity index (χ4n) is 3.05. The Morgan fingerprint density at radius 3 is 2.68 bits per heavy atom. The molecule has 1 amide bonds. The molecule has 1 aromatic carbocycles. The first-order valence-electron chi connectivity index (χ1n) is 8.32. The van der Waals surface area contributed by atoms with E-state index in [0.29, 0.717) is 6.54 Å². The smallest absolute Gasteiger partial charge is 0.238 e. The van der Waals surface area contributed by atoms with Crippen LogP contribution in [0.15, 0.2) is 18.2 Å². The molecule has 1 fully saturated rings. The Bertz CT molecular complexity index is 493. The highest BCUT2D eigenvalue weighted by atomic mass is 16.2. The number of carbonyl (C=O) groups is 1. The van der Waals surface area contributed by atoms with Gasteiger partial charge in [-0.2, -0.15) is 0 Å². The summed E-state index contributed by atoms with van der Waals surface area (Å²) in [7, 11) is 2.01. The number of rotatable bonds is 6. The summed E-state index contributed by atoms with van der Waals surface area (Å²) in [5.41, 5.74) is 3.23. The van der Waals surface area contributed by atoms with Crippen molar-refractivity contribution in [3.8, 4) is 0 Å². The van der Waals surface area contributed by atoms with Crippen LogP contribution in [0.3, 0.4) is 0 Å². The largest absolute Gasteiger partial charge is 0.325 e. The van der Waals surface area contributed by atoms with Crippen LogP contribution in [0.1, 0.15) is 30.4 Å². The van der Waals surface area contributed by atoms with Crippen molar-refractivity contribution in [1.82, 2.24) is 10.2 Å². The van der Waals surface area contributed by atoms with Crippen molar-refractivity contribution >= 4 is 11.6 Å². The van der Waals surface area contributed by atoms with E-state index in [4.69, 9.17) is 0 Å². The Balaban J connectivity index is 1.77. The van der Waals surface area contributed by atoms with Gasteiger partial charge < -0.3 is 10.6 Å². The Labute approximate surface area is 134 Å². The molecule has 1 heterocycles. The summed E-state index contributed by atoms with van der Waals surface area (Å²) in [4.78, 5) is 14.5. The molecule has 0 spiro atoms. The number of hydrogen-bond donors (Lipinski definition) is 2. The summed E-state index contributed by atoms with van der Waals surface area (Å²) < 4.78 is 0. The molecule has 0 radical (unpaired) electrons. The molecular formula is C18H29N3O. The van der Waals surface area contributed by atoms with Gasteiger partial charge in [-0.15, -0.1) is 0 Å². The molecular weight excluding hydrogens is 274 g/mol. The molecule has 0 aromatic heterocycles. The normalized spacial score (nSPS) is 16.7. The molecule has 1 saturated heterocycles. The van der Waals surface area contributed by atoms with Gasteiger partial charge >= 0.3 is 0 Å². The zero-order valence-electron chi connectivity index (χ0n) is 14.1. The minimum absolute atomic E-state index is 0.0994. The van der Waals surface area contributed by atoms with E-state index in [0.717, 1.165) is 36.8 Å². The Morgan fingerprint density at radius 2 is 2.00 bits per heavy atom. The Hall–Kier alpha value is -1.39. The second kappa shape index (κ2) is 8.30. The van der Waals surface area contributed by atoms with Crippen molar-refractivity contribution < 1.29 is 4.79 Å². The molecule has 1 aliphatic rings. The van der Waals surface area contributed by atoms with Gasteiger partial charge in [-0.3, -0.25) is 9.69 Å². The van der Waals surface area contributed by atoms with Crippen LogP contribution in [0.4, 0.5) is 5.69 Å². The van der Waals surface area contributed by atoms with Crippen molar-refractivity contribution in [2.75, 3.05) is 38.5 Å². The third-order valence-electron chi connectivity index (χ3n) is 4.54. The van der Waals surface area contributed by atoms with Crippen LogP contribution >= 0.6 is 0 Å². The van der Waals surface area contributed by atoms with Crippen molar-refractivity contribution in [2.24, 2.45) is 5.92 Å². The minimum atomic E-state index is 0.0994. The van der Waals surface area contributed by atoms with Crippen LogP contribution in [0, 0.1) is 19.8 Å². The van der Waals surface area contributed by atoms with Gasteiger partial charge in [-0.1, -0.05) is 12.1 Å². The molecule has 22 heavy (non-hydrogen) atoms. The van der Waals surface area contributed by atoms with E-state index in [1.807, 2.05) is 27.0 Å². The van der Waals surface area contributed by atoms with Crippen LogP contribution in [-0.4, -0.2) is 44.0 Å². The minimum Gasteiger partial charge on any atom is -0.325 e. The fraction of sp³-hybridized carbons (Fsp3) is 0.611. The predicted molar refractivity (Wildman–Crippen MR) is 92.3 cm³/mol. The molecule has 1 aliphatic heterocycles. The molecule has 0 bridgehead atoms. The quantitative estimate of drug-likeness (QED) is 0.849. The third kappa shape index (κ3) is 5.11. The average Bonchev–Trinajstić information content (AvgIpc) is 2.50. The lowest BCUT2D eigenvalue weighted by molar-refractivity contribution is -0.117. The molecule has 0 atom stereocenters. The molecule has 2 N–H and O–H groups in total. The number of hydrogen-bond acceptors (Lipinski definition) is 3. The van der Waals surface area contributed by atoms with E-state index < -0.39 is 0 Å². The maximum absolute atomic E-state index is 12.2. The second-order valence-electron chi connectivity index (χ2n) is 6.48. The lowest BCUT2D eigenvalue weighted by Crippen LogP contribution is -2.39. The maximum atomic E-state index is 12.2. The number of nitrogens with one attached hydrogen (secondary N) is 2. The Kier molecular flexibility index (Phi) is 6.40. The van der Waals surface area contributed by atoms with Crippen LogP contribution in [0.2, 0.25) is 0 Å². The summed E-state index contributed by atoms with van der Waals surface area (Å²) in [5, 5.41) is 6.27. The molecule has 0 aliphatic carbocycles. The molecule has 0 saturated carbocycles. The number of aryl methyl sites for hydroxylation is 2. The summed E-state index contributed by atoms with van der Waals surface area (Å²) in [6.45, 7) is 7.75. The van der Waals surface area contributed by atoms with Crippen LogP contribution in [0.5, 0.6) is 0 Å². The zero-order chi connectivity index (χ0) is 15.9. The van der Waals surface area contributed by atoms with Crippen LogP contribution in [0.25, 0.3) is 0 Å². The number of anilines is 1. The van der Waals surface area contributed by atoms with Crippen molar-refractivity contribution in [1.29, 1.82) is 0 Å². The summed E-state index contributed by atoms with van der Waals surface area (Å²) in [6, 6.07) is 6.16. The van der Waals surface area contributed by atoms with Crippen LogP contribution in [-0.2, 0) is 4.79 Å². The second-order valence-corrected chi connectivity index (χ2v) is 6.48. The highest BCUT2D eigenvalue weighted by molar-refractivity contribution is 5.93. The standard InChI is InChI=1S/C18H29N3O/c1-14-4-5-15(2)17(12-14)20-18(22)13-21-10-7-16(8-11-21)6-9-19-3/h4-5,12,16,19H,6-11,13H2,1-3H3,(H,20,22). The molecule has 4 heteroatoms. The molecule has 0 unspecified atom stereocenters. The van der Waals surface area contributed by atoms with Gasteiger partial charge in [0.15, 0.2) is 0 Å².